The first-order valence-corrected chi connectivity index (χ1v) is 9.79. The molecule has 0 aromatic carbocycles. The third kappa shape index (κ3) is 2.08. The standard InChI is InChI=1S/C21H27ClO2/c1-12(23)15-6-7-16-14-5-4-13-10-19(24)18(22)11-21(13,3)17(14)8-9-20(15,16)2/h10-11,14-17H,4-9H2,1-3H3/t14-,15+,16-,17-,20+,21-/m0/s1. The topological polar surface area (TPSA) is 34.1 Å². The van der Waals surface area contributed by atoms with Gasteiger partial charge in [0.25, 0.3) is 0 Å². The van der Waals surface area contributed by atoms with Crippen molar-refractivity contribution in [2.24, 2.45) is 34.5 Å². The van der Waals surface area contributed by atoms with E-state index in [-0.39, 0.29) is 22.5 Å². The molecule has 0 radical (unpaired) electrons. The first-order chi connectivity index (χ1) is 11.3. The van der Waals surface area contributed by atoms with Crippen molar-refractivity contribution in [2.75, 3.05) is 0 Å². The average molecular weight is 347 g/mol. The smallest absolute Gasteiger partial charge is 0.196 e. The second kappa shape index (κ2) is 5.30. The summed E-state index contributed by atoms with van der Waals surface area (Å²) in [6.07, 6.45) is 10.5. The molecule has 0 aliphatic heterocycles. The van der Waals surface area contributed by atoms with E-state index in [2.05, 4.69) is 13.8 Å². The molecule has 3 fully saturated rings. The van der Waals surface area contributed by atoms with Gasteiger partial charge in [-0.2, -0.15) is 0 Å². The van der Waals surface area contributed by atoms with Crippen LogP contribution in [0.1, 0.15) is 59.3 Å². The quantitative estimate of drug-likeness (QED) is 0.664. The first kappa shape index (κ1) is 16.6. The Hall–Kier alpha value is -0.890. The third-order valence-electron chi connectivity index (χ3n) is 8.10. The van der Waals surface area contributed by atoms with E-state index in [0.717, 1.165) is 32.1 Å². The van der Waals surface area contributed by atoms with Gasteiger partial charge in [-0.15, -0.1) is 0 Å². The van der Waals surface area contributed by atoms with Gasteiger partial charge in [0.15, 0.2) is 5.78 Å². The SMILES string of the molecule is CC(=O)[C@H]1CC[C@H]2[C@@H]3CCC4=CC(=O)C(Cl)=C[C@]4(C)[C@H]3CC[C@]12C. The molecule has 24 heavy (non-hydrogen) atoms. The predicted molar refractivity (Wildman–Crippen MR) is 95.6 cm³/mol. The lowest BCUT2D eigenvalue weighted by atomic mass is 9.47. The van der Waals surface area contributed by atoms with Crippen molar-refractivity contribution >= 4 is 23.2 Å². The van der Waals surface area contributed by atoms with E-state index in [1.165, 1.54) is 12.0 Å². The molecular formula is C21H27ClO2. The van der Waals surface area contributed by atoms with E-state index >= 15 is 0 Å². The molecule has 0 heterocycles. The van der Waals surface area contributed by atoms with Crippen molar-refractivity contribution < 1.29 is 9.59 Å². The highest BCUT2D eigenvalue weighted by atomic mass is 35.5. The number of rotatable bonds is 1. The van der Waals surface area contributed by atoms with Gasteiger partial charge >= 0.3 is 0 Å². The summed E-state index contributed by atoms with van der Waals surface area (Å²) in [6.45, 7) is 6.43. The summed E-state index contributed by atoms with van der Waals surface area (Å²) in [5.74, 6) is 2.47. The maximum Gasteiger partial charge on any atom is 0.196 e. The number of fused-ring (bicyclic) bond motifs is 5. The number of hydrogen-bond donors (Lipinski definition) is 0. The maximum atomic E-state index is 12.2. The Bertz CT molecular complexity index is 675. The van der Waals surface area contributed by atoms with Crippen LogP contribution in [0, 0.1) is 34.5 Å². The highest BCUT2D eigenvalue weighted by molar-refractivity contribution is 6.44. The number of hydrogen-bond acceptors (Lipinski definition) is 2. The van der Waals surface area contributed by atoms with E-state index in [9.17, 15) is 9.59 Å². The lowest BCUT2D eigenvalue weighted by molar-refractivity contribution is -0.127. The molecule has 3 saturated carbocycles. The number of ketones is 2. The van der Waals surface area contributed by atoms with Crippen LogP contribution in [0.15, 0.2) is 22.8 Å². The molecule has 4 rings (SSSR count). The average Bonchev–Trinajstić information content (AvgIpc) is 2.86. The fourth-order valence-corrected chi connectivity index (χ4v) is 7.20. The first-order valence-electron chi connectivity index (χ1n) is 9.41. The van der Waals surface area contributed by atoms with Gasteiger partial charge in [-0.1, -0.05) is 37.1 Å². The minimum absolute atomic E-state index is 0.0271. The normalized spacial score (nSPS) is 47.2. The van der Waals surface area contributed by atoms with Crippen molar-refractivity contribution in [2.45, 2.75) is 59.3 Å². The zero-order chi connectivity index (χ0) is 17.3. The van der Waals surface area contributed by atoms with E-state index in [1.54, 1.807) is 13.0 Å². The van der Waals surface area contributed by atoms with Crippen LogP contribution < -0.4 is 0 Å². The number of carbonyl (C=O) groups is 2. The van der Waals surface area contributed by atoms with Crippen LogP contribution in [0.25, 0.3) is 0 Å². The van der Waals surface area contributed by atoms with Crippen molar-refractivity contribution in [3.05, 3.63) is 22.8 Å². The molecule has 0 saturated heterocycles. The highest BCUT2D eigenvalue weighted by Crippen LogP contribution is 2.66. The largest absolute Gasteiger partial charge is 0.300 e. The summed E-state index contributed by atoms with van der Waals surface area (Å²) >= 11 is 6.23. The summed E-state index contributed by atoms with van der Waals surface area (Å²) in [7, 11) is 0. The van der Waals surface area contributed by atoms with Crippen LogP contribution in [0.4, 0.5) is 0 Å². The second-order valence-electron chi connectivity index (χ2n) is 9.01. The lowest BCUT2D eigenvalue weighted by Crippen LogP contribution is -2.50. The van der Waals surface area contributed by atoms with Crippen molar-refractivity contribution in [1.29, 1.82) is 0 Å². The Kier molecular flexibility index (Phi) is 3.66. The molecule has 0 aromatic rings. The molecule has 0 aromatic heterocycles. The number of halogens is 1. The zero-order valence-electron chi connectivity index (χ0n) is 14.9. The number of carbonyl (C=O) groups excluding carboxylic acids is 2. The molecule has 0 amide bonds. The number of allylic oxidation sites excluding steroid dienone is 4. The van der Waals surface area contributed by atoms with Gasteiger partial charge in [-0.05, 0) is 74.7 Å². The Morgan fingerprint density at radius 3 is 2.62 bits per heavy atom. The molecule has 0 N–H and O–H groups in total. The Morgan fingerprint density at radius 2 is 1.92 bits per heavy atom. The summed E-state index contributed by atoms with van der Waals surface area (Å²) in [6, 6.07) is 0. The van der Waals surface area contributed by atoms with Gasteiger partial charge < -0.3 is 0 Å². The Balaban J connectivity index is 1.70. The van der Waals surface area contributed by atoms with Crippen LogP contribution in [0.5, 0.6) is 0 Å². The fraction of sp³-hybridized carbons (Fsp3) is 0.714. The van der Waals surface area contributed by atoms with Crippen LogP contribution in [0.3, 0.4) is 0 Å². The highest BCUT2D eigenvalue weighted by Gasteiger charge is 2.59. The minimum atomic E-state index is -0.0659. The minimum Gasteiger partial charge on any atom is -0.300 e. The van der Waals surface area contributed by atoms with Gasteiger partial charge in [-0.3, -0.25) is 9.59 Å². The summed E-state index contributed by atoms with van der Waals surface area (Å²) in [5, 5.41) is 0.392. The third-order valence-corrected chi connectivity index (χ3v) is 8.40. The molecule has 0 unspecified atom stereocenters. The van der Waals surface area contributed by atoms with E-state index in [1.807, 2.05) is 6.08 Å². The van der Waals surface area contributed by atoms with E-state index in [4.69, 9.17) is 11.6 Å². The molecule has 4 aliphatic carbocycles. The van der Waals surface area contributed by atoms with Crippen molar-refractivity contribution in [1.82, 2.24) is 0 Å². The van der Waals surface area contributed by atoms with Gasteiger partial charge in [0, 0.05) is 11.3 Å². The van der Waals surface area contributed by atoms with E-state index < -0.39 is 0 Å². The van der Waals surface area contributed by atoms with Crippen LogP contribution in [0.2, 0.25) is 0 Å². The maximum absolute atomic E-state index is 12.2. The van der Waals surface area contributed by atoms with Gasteiger partial charge in [-0.25, -0.2) is 0 Å². The van der Waals surface area contributed by atoms with Gasteiger partial charge in [0.2, 0.25) is 0 Å². The van der Waals surface area contributed by atoms with E-state index in [0.29, 0.717) is 28.6 Å². The molecule has 2 nitrogen and oxygen atoms in total. The zero-order valence-corrected chi connectivity index (χ0v) is 15.7. The van der Waals surface area contributed by atoms with Gasteiger partial charge in [0.1, 0.15) is 5.78 Å². The summed E-state index contributed by atoms with van der Waals surface area (Å²) in [5.41, 5.74) is 1.40. The van der Waals surface area contributed by atoms with Crippen LogP contribution in [-0.4, -0.2) is 11.6 Å². The van der Waals surface area contributed by atoms with Crippen molar-refractivity contribution in [3.63, 3.8) is 0 Å². The molecule has 0 spiro atoms. The molecule has 6 atom stereocenters. The summed E-state index contributed by atoms with van der Waals surface area (Å²) < 4.78 is 0. The predicted octanol–water partition coefficient (Wildman–Crippen LogP) is 5.07. The van der Waals surface area contributed by atoms with Crippen LogP contribution >= 0.6 is 11.6 Å². The second-order valence-corrected chi connectivity index (χ2v) is 9.42. The Labute approximate surface area is 149 Å². The monoisotopic (exact) mass is 346 g/mol. The molecule has 4 aliphatic rings. The van der Waals surface area contributed by atoms with Crippen LogP contribution in [-0.2, 0) is 9.59 Å². The molecule has 0 bridgehead atoms. The molecular weight excluding hydrogens is 320 g/mol. The Morgan fingerprint density at radius 1 is 1.17 bits per heavy atom. The summed E-state index contributed by atoms with van der Waals surface area (Å²) in [4.78, 5) is 24.2. The number of Topliss-reactive ketones (excluding diaryl/α,β-unsaturated/α-hetero) is 1. The van der Waals surface area contributed by atoms with Gasteiger partial charge in [0.05, 0.1) is 5.03 Å². The lowest BCUT2D eigenvalue weighted by Gasteiger charge is -2.57. The molecule has 130 valence electrons. The fourth-order valence-electron chi connectivity index (χ4n) is 6.92. The molecule has 3 heteroatoms. The van der Waals surface area contributed by atoms with Crippen molar-refractivity contribution in [3.8, 4) is 0 Å².